The Morgan fingerprint density at radius 3 is 2.65 bits per heavy atom. The number of fused-ring (bicyclic) bond motifs is 1. The fourth-order valence-corrected chi connectivity index (χ4v) is 4.89. The minimum absolute atomic E-state index is 0.0402. The lowest BCUT2D eigenvalue weighted by atomic mass is 9.84. The summed E-state index contributed by atoms with van der Waals surface area (Å²) in [6, 6.07) is 10.3. The number of likely N-dealkylation sites (tertiary alicyclic amines) is 1. The van der Waals surface area contributed by atoms with Crippen LogP contribution in [0.4, 0.5) is 4.39 Å². The van der Waals surface area contributed by atoms with Gasteiger partial charge in [-0.1, -0.05) is 23.7 Å². The van der Waals surface area contributed by atoms with Crippen molar-refractivity contribution in [3.63, 3.8) is 0 Å². The molecule has 0 N–H and O–H groups in total. The number of hydrogen-bond acceptors (Lipinski definition) is 3. The third-order valence-corrected chi connectivity index (χ3v) is 6.73. The summed E-state index contributed by atoms with van der Waals surface area (Å²) in [5.74, 6) is 0.381. The zero-order valence-corrected chi connectivity index (χ0v) is 19.2. The molecule has 1 unspecified atom stereocenters. The number of rotatable bonds is 3. The summed E-state index contributed by atoms with van der Waals surface area (Å²) in [5, 5.41) is 0.318. The summed E-state index contributed by atoms with van der Waals surface area (Å²) in [5.41, 5.74) is 0.628. The zero-order valence-electron chi connectivity index (χ0n) is 21.5. The number of methoxy groups -OCH3 is 1. The maximum Gasteiger partial charge on any atom is 0.156 e. The first kappa shape index (κ1) is 18.5. The van der Waals surface area contributed by atoms with Crippen molar-refractivity contribution in [2.24, 2.45) is 0 Å². The van der Waals surface area contributed by atoms with Crippen LogP contribution in [0.3, 0.4) is 0 Å². The second-order valence-corrected chi connectivity index (χ2v) is 10.0. The summed E-state index contributed by atoms with van der Waals surface area (Å²) >= 11 is 6.11. The third-order valence-electron chi connectivity index (χ3n) is 6.49. The Labute approximate surface area is 194 Å². The van der Waals surface area contributed by atoms with Crippen molar-refractivity contribution in [1.29, 1.82) is 0 Å². The number of para-hydroxylation sites is 1. The minimum atomic E-state index is -2.68. The maximum atomic E-state index is 15.5. The second kappa shape index (κ2) is 8.14. The van der Waals surface area contributed by atoms with Gasteiger partial charge in [0.15, 0.2) is 5.60 Å². The summed E-state index contributed by atoms with van der Waals surface area (Å²) in [6.07, 6.45) is 3.28. The molecule has 166 valence electrons. The molecular formula is C26H31ClFNO2. The largest absolute Gasteiger partial charge is 0.496 e. The first-order valence-electron chi connectivity index (χ1n) is 12.2. The topological polar surface area (TPSA) is 21.7 Å². The molecule has 0 amide bonds. The van der Waals surface area contributed by atoms with Crippen molar-refractivity contribution in [3.8, 4) is 11.5 Å². The molecule has 2 aromatic carbocycles. The van der Waals surface area contributed by atoms with Crippen LogP contribution in [-0.4, -0.2) is 30.6 Å². The van der Waals surface area contributed by atoms with Gasteiger partial charge in [-0.25, -0.2) is 4.39 Å². The van der Waals surface area contributed by atoms with Crippen LogP contribution in [0.15, 0.2) is 42.5 Å². The average molecular weight is 447 g/mol. The van der Waals surface area contributed by atoms with E-state index in [9.17, 15) is 0 Å². The van der Waals surface area contributed by atoms with E-state index in [0.29, 0.717) is 21.9 Å². The standard InChI is InChI=1S/C26H31ClFNO2/c1-25(2,3)29-13-11-17(12-14-29)19-7-6-8-20-22(28)16-26(4,31-24(19)20)21-10-9-18(27)15-23(21)30-5/h6-10,15-17H,11-14H2,1-5H3/i5D3. The molecule has 1 fully saturated rings. The van der Waals surface area contributed by atoms with Gasteiger partial charge in [-0.05, 0) is 95.4 Å². The molecule has 0 spiro atoms. The fraction of sp³-hybridized carbons (Fsp3) is 0.462. The van der Waals surface area contributed by atoms with Gasteiger partial charge in [0.2, 0.25) is 0 Å². The molecule has 0 saturated carbocycles. The highest BCUT2D eigenvalue weighted by Gasteiger charge is 2.38. The van der Waals surface area contributed by atoms with Gasteiger partial charge in [0.25, 0.3) is 0 Å². The van der Waals surface area contributed by atoms with E-state index in [2.05, 4.69) is 25.7 Å². The Morgan fingerprint density at radius 1 is 1.23 bits per heavy atom. The van der Waals surface area contributed by atoms with Gasteiger partial charge in [0.05, 0.1) is 16.7 Å². The van der Waals surface area contributed by atoms with Crippen LogP contribution in [0.1, 0.15) is 67.3 Å². The van der Waals surface area contributed by atoms with Gasteiger partial charge in [0, 0.05) is 16.1 Å². The quantitative estimate of drug-likeness (QED) is 0.509. The molecule has 2 aromatic rings. The van der Waals surface area contributed by atoms with E-state index in [-0.39, 0.29) is 17.2 Å². The number of hydrogen-bond donors (Lipinski definition) is 0. The molecule has 1 saturated heterocycles. The van der Waals surface area contributed by atoms with Crippen molar-refractivity contribution >= 4 is 17.4 Å². The van der Waals surface area contributed by atoms with E-state index in [4.69, 9.17) is 25.2 Å². The smallest absolute Gasteiger partial charge is 0.156 e. The minimum Gasteiger partial charge on any atom is -0.496 e. The van der Waals surface area contributed by atoms with Crippen LogP contribution in [0, 0.1) is 0 Å². The molecule has 0 aromatic heterocycles. The van der Waals surface area contributed by atoms with Crippen molar-refractivity contribution in [2.45, 2.75) is 57.6 Å². The van der Waals surface area contributed by atoms with Crippen LogP contribution in [-0.2, 0) is 5.60 Å². The molecule has 5 heteroatoms. The number of ether oxygens (including phenoxy) is 2. The molecule has 2 heterocycles. The lowest BCUT2D eigenvalue weighted by Gasteiger charge is -2.42. The lowest BCUT2D eigenvalue weighted by Crippen LogP contribution is -2.45. The number of piperidine rings is 1. The predicted molar refractivity (Wildman–Crippen MR) is 125 cm³/mol. The Kier molecular flexibility index (Phi) is 4.87. The van der Waals surface area contributed by atoms with E-state index in [1.807, 2.05) is 12.1 Å². The summed E-state index contributed by atoms with van der Waals surface area (Å²) in [7, 11) is -2.68. The van der Waals surface area contributed by atoms with Crippen molar-refractivity contribution in [1.82, 2.24) is 4.90 Å². The zero-order chi connectivity index (χ0) is 24.9. The van der Waals surface area contributed by atoms with Crippen molar-refractivity contribution in [2.75, 3.05) is 20.1 Å². The Bertz CT molecular complexity index is 1100. The number of halogens is 2. The van der Waals surface area contributed by atoms with E-state index >= 15 is 4.39 Å². The molecule has 0 aliphatic carbocycles. The van der Waals surface area contributed by atoms with Gasteiger partial charge in [0.1, 0.15) is 17.3 Å². The maximum absolute atomic E-state index is 15.5. The second-order valence-electron chi connectivity index (χ2n) is 9.60. The first-order chi connectivity index (χ1) is 15.8. The van der Waals surface area contributed by atoms with E-state index in [1.165, 1.54) is 12.1 Å². The molecule has 2 aliphatic rings. The highest BCUT2D eigenvalue weighted by Crippen LogP contribution is 2.48. The van der Waals surface area contributed by atoms with Crippen LogP contribution < -0.4 is 9.47 Å². The first-order valence-corrected chi connectivity index (χ1v) is 11.1. The lowest BCUT2D eigenvalue weighted by molar-refractivity contribution is 0.0984. The van der Waals surface area contributed by atoms with Gasteiger partial charge < -0.3 is 9.47 Å². The van der Waals surface area contributed by atoms with Crippen molar-refractivity contribution in [3.05, 3.63) is 64.2 Å². The Balaban J connectivity index is 1.71. The highest BCUT2D eigenvalue weighted by atomic mass is 35.5. The summed E-state index contributed by atoms with van der Waals surface area (Å²) in [6.45, 7) is 10.3. The number of benzene rings is 2. The third kappa shape index (κ3) is 4.20. The fourth-order valence-electron chi connectivity index (χ4n) is 4.72. The van der Waals surface area contributed by atoms with Gasteiger partial charge in [-0.2, -0.15) is 0 Å². The Morgan fingerprint density at radius 2 is 1.97 bits per heavy atom. The normalized spacial score (nSPS) is 24.3. The van der Waals surface area contributed by atoms with Crippen LogP contribution in [0.25, 0.3) is 5.83 Å². The molecule has 0 bridgehead atoms. The monoisotopic (exact) mass is 446 g/mol. The van der Waals surface area contributed by atoms with E-state index in [1.54, 1.807) is 25.1 Å². The molecule has 3 nitrogen and oxygen atoms in total. The predicted octanol–water partition coefficient (Wildman–Crippen LogP) is 6.94. The molecule has 4 rings (SSSR count). The van der Waals surface area contributed by atoms with Crippen molar-refractivity contribution < 1.29 is 18.0 Å². The molecule has 1 atom stereocenters. The SMILES string of the molecule is [2H]C([2H])([2H])Oc1cc(Cl)ccc1C1(C)C=C(F)c2cccc(C3CCN(C(C)(C)C)CC3)c2O1. The average Bonchev–Trinajstić information content (AvgIpc) is 2.71. The molecule has 31 heavy (non-hydrogen) atoms. The van der Waals surface area contributed by atoms with Gasteiger partial charge >= 0.3 is 0 Å². The van der Waals surface area contributed by atoms with Crippen LogP contribution >= 0.6 is 11.6 Å². The summed E-state index contributed by atoms with van der Waals surface area (Å²) in [4.78, 5) is 2.47. The van der Waals surface area contributed by atoms with Gasteiger partial charge in [-0.3, -0.25) is 4.90 Å². The van der Waals surface area contributed by atoms with E-state index < -0.39 is 18.5 Å². The number of nitrogens with zero attached hydrogens (tertiary/aromatic N) is 1. The Hall–Kier alpha value is -2.04. The van der Waals surface area contributed by atoms with E-state index in [0.717, 1.165) is 31.5 Å². The molecule has 2 aliphatic heterocycles. The summed E-state index contributed by atoms with van der Waals surface area (Å²) < 4.78 is 49.8. The molecule has 0 radical (unpaired) electrons. The van der Waals surface area contributed by atoms with Crippen LogP contribution in [0.5, 0.6) is 11.5 Å². The van der Waals surface area contributed by atoms with Gasteiger partial charge in [-0.15, -0.1) is 0 Å². The highest BCUT2D eigenvalue weighted by molar-refractivity contribution is 6.30. The van der Waals surface area contributed by atoms with Crippen LogP contribution in [0.2, 0.25) is 5.02 Å². The molecular weight excluding hydrogens is 413 g/mol.